The maximum absolute atomic E-state index is 12.0. The molecule has 0 saturated heterocycles. The smallest absolute Gasteiger partial charge is 0.274 e. The van der Waals surface area contributed by atoms with Gasteiger partial charge in [-0.3, -0.25) is 4.79 Å². The van der Waals surface area contributed by atoms with Gasteiger partial charge in [-0.15, -0.1) is 0 Å². The van der Waals surface area contributed by atoms with Crippen molar-refractivity contribution in [1.29, 1.82) is 0 Å². The number of halogens is 1. The molecule has 0 aliphatic heterocycles. The second kappa shape index (κ2) is 8.88. The molecule has 0 aliphatic carbocycles. The minimum atomic E-state index is -0.430. The molecule has 2 rings (SSSR count). The molecule has 24 heavy (non-hydrogen) atoms. The Hall–Kier alpha value is -2.60. The first-order valence-corrected chi connectivity index (χ1v) is 7.87. The largest absolute Gasteiger partial charge is 0.490 e. The average molecular weight is 348 g/mol. The van der Waals surface area contributed by atoms with Gasteiger partial charge in [0.25, 0.3) is 5.91 Å². The molecular weight excluding hydrogens is 330 g/mol. The van der Waals surface area contributed by atoms with Crippen molar-refractivity contribution in [1.82, 2.24) is 10.4 Å². The van der Waals surface area contributed by atoms with Crippen LogP contribution in [0.5, 0.6) is 11.5 Å². The van der Waals surface area contributed by atoms with E-state index in [2.05, 4.69) is 15.5 Å². The van der Waals surface area contributed by atoms with E-state index in [1.54, 1.807) is 24.3 Å². The van der Waals surface area contributed by atoms with Gasteiger partial charge in [0.2, 0.25) is 0 Å². The normalized spacial score (nSPS) is 10.6. The zero-order valence-electron chi connectivity index (χ0n) is 13.5. The molecule has 1 aromatic carbocycles. The van der Waals surface area contributed by atoms with Gasteiger partial charge in [-0.1, -0.05) is 11.6 Å². The summed E-state index contributed by atoms with van der Waals surface area (Å²) < 4.78 is 11.0. The number of benzene rings is 1. The maximum atomic E-state index is 12.0. The Kier molecular flexibility index (Phi) is 6.57. The van der Waals surface area contributed by atoms with Gasteiger partial charge in [-0.25, -0.2) is 10.4 Å². The molecule has 126 valence electrons. The van der Waals surface area contributed by atoms with Crippen LogP contribution in [0.4, 0.5) is 0 Å². The summed E-state index contributed by atoms with van der Waals surface area (Å²) in [5.74, 6) is 0.868. The lowest BCUT2D eigenvalue weighted by Gasteiger charge is -2.11. The lowest BCUT2D eigenvalue weighted by molar-refractivity contribution is 0.0955. The van der Waals surface area contributed by atoms with Gasteiger partial charge in [0.1, 0.15) is 5.15 Å². The third kappa shape index (κ3) is 4.70. The fraction of sp³-hybridized carbons (Fsp3) is 0.235. The molecule has 0 unspecified atom stereocenters. The fourth-order valence-electron chi connectivity index (χ4n) is 1.93. The second-order valence-corrected chi connectivity index (χ2v) is 4.97. The number of nitrogens with one attached hydrogen (secondary N) is 1. The molecule has 1 heterocycles. The predicted octanol–water partition coefficient (Wildman–Crippen LogP) is 3.30. The molecule has 2 aromatic rings. The molecule has 1 amide bonds. The summed E-state index contributed by atoms with van der Waals surface area (Å²) in [5, 5.41) is 4.06. The number of nitrogens with zero attached hydrogens (tertiary/aromatic N) is 2. The number of amides is 1. The van der Waals surface area contributed by atoms with Crippen LogP contribution in [0.15, 0.2) is 41.6 Å². The van der Waals surface area contributed by atoms with Crippen LogP contribution in [0.2, 0.25) is 5.15 Å². The first-order valence-electron chi connectivity index (χ1n) is 7.49. The van der Waals surface area contributed by atoms with Gasteiger partial charge >= 0.3 is 0 Å². The Bertz CT molecular complexity index is 735. The Morgan fingerprint density at radius 3 is 2.71 bits per heavy atom. The van der Waals surface area contributed by atoms with Crippen LogP contribution in [-0.2, 0) is 0 Å². The lowest BCUT2D eigenvalue weighted by atomic mass is 10.2. The molecule has 0 atom stereocenters. The Morgan fingerprint density at radius 1 is 1.25 bits per heavy atom. The summed E-state index contributed by atoms with van der Waals surface area (Å²) in [7, 11) is 0. The number of pyridine rings is 1. The van der Waals surface area contributed by atoms with E-state index < -0.39 is 5.91 Å². The molecule has 0 bridgehead atoms. The molecule has 0 radical (unpaired) electrons. The van der Waals surface area contributed by atoms with E-state index in [0.29, 0.717) is 24.7 Å². The predicted molar refractivity (Wildman–Crippen MR) is 93.1 cm³/mol. The number of ether oxygens (including phenoxy) is 2. The maximum Gasteiger partial charge on any atom is 0.274 e. The van der Waals surface area contributed by atoms with E-state index in [0.717, 1.165) is 5.56 Å². The first-order chi connectivity index (χ1) is 11.7. The highest BCUT2D eigenvalue weighted by atomic mass is 35.5. The number of hydrogen-bond acceptors (Lipinski definition) is 5. The Balaban J connectivity index is 2.07. The number of carbonyl (C=O) groups is 1. The van der Waals surface area contributed by atoms with Crippen LogP contribution in [0, 0.1) is 0 Å². The van der Waals surface area contributed by atoms with Crippen molar-refractivity contribution in [3.63, 3.8) is 0 Å². The number of aromatic nitrogens is 1. The second-order valence-electron chi connectivity index (χ2n) is 4.61. The van der Waals surface area contributed by atoms with Crippen LogP contribution in [0.25, 0.3) is 0 Å². The molecule has 7 heteroatoms. The third-order valence-corrected chi connectivity index (χ3v) is 3.25. The number of rotatable bonds is 7. The number of carbonyl (C=O) groups excluding carboxylic acids is 1. The van der Waals surface area contributed by atoms with E-state index in [9.17, 15) is 4.79 Å². The summed E-state index contributed by atoms with van der Waals surface area (Å²) in [6.07, 6.45) is 3.03. The van der Waals surface area contributed by atoms with E-state index in [4.69, 9.17) is 21.1 Å². The van der Waals surface area contributed by atoms with Crippen molar-refractivity contribution in [3.8, 4) is 11.5 Å². The summed E-state index contributed by atoms with van der Waals surface area (Å²) >= 11 is 5.86. The first kappa shape index (κ1) is 17.7. The van der Waals surface area contributed by atoms with Gasteiger partial charge in [0.15, 0.2) is 11.5 Å². The van der Waals surface area contributed by atoms with Crippen molar-refractivity contribution < 1.29 is 14.3 Å². The van der Waals surface area contributed by atoms with Gasteiger partial charge in [0, 0.05) is 6.20 Å². The molecule has 0 spiro atoms. The molecule has 0 saturated carbocycles. The highest BCUT2D eigenvalue weighted by Crippen LogP contribution is 2.27. The van der Waals surface area contributed by atoms with Crippen LogP contribution in [-0.4, -0.2) is 30.3 Å². The van der Waals surface area contributed by atoms with Gasteiger partial charge < -0.3 is 9.47 Å². The van der Waals surface area contributed by atoms with Crippen LogP contribution < -0.4 is 14.9 Å². The van der Waals surface area contributed by atoms with E-state index >= 15 is 0 Å². The van der Waals surface area contributed by atoms with Crippen LogP contribution in [0.3, 0.4) is 0 Å². The molecule has 0 aliphatic rings. The molecule has 1 aromatic heterocycles. The summed E-state index contributed by atoms with van der Waals surface area (Å²) in [4.78, 5) is 15.8. The minimum absolute atomic E-state index is 0.130. The van der Waals surface area contributed by atoms with Gasteiger partial charge in [0.05, 0.1) is 25.0 Å². The molecular formula is C17H18ClN3O3. The Labute approximate surface area is 145 Å². The standard InChI is InChI=1S/C17H18ClN3O3/c1-3-23-14-8-7-12(10-15(14)24-4-2)11-20-21-17(22)13-6-5-9-19-16(13)18/h5-11H,3-4H2,1-2H3,(H,21,22). The summed E-state index contributed by atoms with van der Waals surface area (Å²) in [6, 6.07) is 8.62. The van der Waals surface area contributed by atoms with Crippen molar-refractivity contribution in [2.45, 2.75) is 13.8 Å². The summed E-state index contributed by atoms with van der Waals surface area (Å²) in [6.45, 7) is 4.88. The van der Waals surface area contributed by atoms with Crippen molar-refractivity contribution in [2.24, 2.45) is 5.10 Å². The van der Waals surface area contributed by atoms with Crippen LogP contribution in [0.1, 0.15) is 29.8 Å². The minimum Gasteiger partial charge on any atom is -0.490 e. The van der Waals surface area contributed by atoms with Crippen LogP contribution >= 0.6 is 11.6 Å². The van der Waals surface area contributed by atoms with E-state index in [-0.39, 0.29) is 10.7 Å². The quantitative estimate of drug-likeness (QED) is 0.474. The fourth-order valence-corrected chi connectivity index (χ4v) is 2.13. The Morgan fingerprint density at radius 2 is 2.00 bits per heavy atom. The number of hydrazone groups is 1. The SMILES string of the molecule is CCOc1ccc(C=NNC(=O)c2cccnc2Cl)cc1OCC. The molecule has 0 fully saturated rings. The topological polar surface area (TPSA) is 72.8 Å². The molecule has 6 nitrogen and oxygen atoms in total. The highest BCUT2D eigenvalue weighted by Gasteiger charge is 2.09. The van der Waals surface area contributed by atoms with Crippen molar-refractivity contribution in [2.75, 3.05) is 13.2 Å². The average Bonchev–Trinajstić information content (AvgIpc) is 2.58. The molecule has 1 N–H and O–H groups in total. The third-order valence-electron chi connectivity index (χ3n) is 2.95. The number of hydrogen-bond donors (Lipinski definition) is 1. The zero-order valence-corrected chi connectivity index (χ0v) is 14.2. The van der Waals surface area contributed by atoms with Gasteiger partial charge in [-0.05, 0) is 49.7 Å². The van der Waals surface area contributed by atoms with Gasteiger partial charge in [-0.2, -0.15) is 5.10 Å². The zero-order chi connectivity index (χ0) is 17.4. The highest BCUT2D eigenvalue weighted by molar-refractivity contribution is 6.32. The lowest BCUT2D eigenvalue weighted by Crippen LogP contribution is -2.18. The van der Waals surface area contributed by atoms with E-state index in [1.807, 2.05) is 19.9 Å². The monoisotopic (exact) mass is 347 g/mol. The van der Waals surface area contributed by atoms with E-state index in [1.165, 1.54) is 12.4 Å². The van der Waals surface area contributed by atoms with Crippen molar-refractivity contribution >= 4 is 23.7 Å². The van der Waals surface area contributed by atoms with Crippen molar-refractivity contribution in [3.05, 3.63) is 52.8 Å². The summed E-state index contributed by atoms with van der Waals surface area (Å²) in [5.41, 5.74) is 3.44.